The van der Waals surface area contributed by atoms with Crippen LogP contribution >= 0.6 is 23.5 Å². The lowest BCUT2D eigenvalue weighted by Crippen LogP contribution is -2.34. The van der Waals surface area contributed by atoms with Gasteiger partial charge in [-0.3, -0.25) is 22.8 Å². The molecule has 0 aromatic carbocycles. The SMILES string of the molecule is Nc1ncnc2c1ncn2[C@@H]1O[C@H](COP(=O)([O-])OP(=O)([O-])OP(=O)([O-])OC[C@H]2O[C@@H](n3cnc4c(N)ncnc43)[C@H](O)[C@@H]2O)[C@@H](O)[C@H]1O.[NH4+].[NH4+].[NH4+]. The van der Waals surface area contributed by atoms with E-state index in [0.717, 1.165) is 25.3 Å². The molecule has 6 heterocycles. The number of hydrogen-bond donors (Lipinski definition) is 9. The van der Waals surface area contributed by atoms with Crippen molar-refractivity contribution < 1.29 is 75.9 Å². The molecular formula is C20H36N13O16P3. The van der Waals surface area contributed by atoms with Crippen LogP contribution in [0.3, 0.4) is 0 Å². The van der Waals surface area contributed by atoms with Gasteiger partial charge in [-0.15, -0.1) is 0 Å². The van der Waals surface area contributed by atoms with Gasteiger partial charge in [0.25, 0.3) is 23.5 Å². The Morgan fingerprint density at radius 3 is 1.37 bits per heavy atom. The third kappa shape index (κ3) is 8.59. The highest BCUT2D eigenvalue weighted by Gasteiger charge is 2.46. The lowest BCUT2D eigenvalue weighted by atomic mass is 10.1. The molecule has 4 aromatic heterocycles. The average molecular weight is 808 g/mol. The van der Waals surface area contributed by atoms with Crippen molar-refractivity contribution in [2.75, 3.05) is 24.7 Å². The van der Waals surface area contributed by atoms with E-state index in [2.05, 4.69) is 47.6 Å². The van der Waals surface area contributed by atoms with Gasteiger partial charge in [0.2, 0.25) is 0 Å². The van der Waals surface area contributed by atoms with Crippen LogP contribution in [0.4, 0.5) is 11.6 Å². The van der Waals surface area contributed by atoms with E-state index in [1.54, 1.807) is 0 Å². The van der Waals surface area contributed by atoms with Gasteiger partial charge in [-0.05, 0) is 0 Å². The van der Waals surface area contributed by atoms with Crippen LogP contribution in [0.25, 0.3) is 22.3 Å². The zero-order valence-electron chi connectivity index (χ0n) is 27.1. The number of hydrogen-bond acceptors (Lipinski definition) is 24. The topological polar surface area (TPSA) is 505 Å². The number of rotatable bonds is 12. The fourth-order valence-corrected chi connectivity index (χ4v) is 8.33. The van der Waals surface area contributed by atoms with Crippen molar-refractivity contribution in [1.29, 1.82) is 0 Å². The lowest BCUT2D eigenvalue weighted by Gasteiger charge is -2.34. The van der Waals surface area contributed by atoms with Gasteiger partial charge in [0, 0.05) is 0 Å². The fourth-order valence-electron chi connectivity index (χ4n) is 4.94. The van der Waals surface area contributed by atoms with Crippen LogP contribution in [0.2, 0.25) is 0 Å². The first-order valence-electron chi connectivity index (χ1n) is 13.5. The predicted molar refractivity (Wildman–Crippen MR) is 166 cm³/mol. The second-order valence-corrected chi connectivity index (χ2v) is 14.9. The Kier molecular flexibility index (Phi) is 13.3. The van der Waals surface area contributed by atoms with E-state index in [4.69, 9.17) is 20.9 Å². The van der Waals surface area contributed by atoms with Crippen LogP contribution in [0.5, 0.6) is 0 Å². The zero-order chi connectivity index (χ0) is 35.5. The normalized spacial score (nSPS) is 29.4. The summed E-state index contributed by atoms with van der Waals surface area (Å²) in [6, 6.07) is 0. The molecule has 29 nitrogen and oxygen atoms in total. The molecule has 0 radical (unpaired) electrons. The summed E-state index contributed by atoms with van der Waals surface area (Å²) in [5, 5.41) is 41.7. The first-order valence-corrected chi connectivity index (χ1v) is 17.9. The number of phosphoric acid groups is 3. The Balaban J connectivity index is 0.00000243. The highest BCUT2D eigenvalue weighted by atomic mass is 31.3. The second kappa shape index (κ2) is 16.0. The molecule has 6 rings (SSSR count). The fraction of sp³-hybridized carbons (Fsp3) is 0.500. The molecule has 32 heteroatoms. The van der Waals surface area contributed by atoms with Gasteiger partial charge in [-0.2, -0.15) is 0 Å². The Labute approximate surface area is 290 Å². The van der Waals surface area contributed by atoms with E-state index >= 15 is 0 Å². The number of aliphatic hydroxyl groups is 4. The molecule has 20 N–H and O–H groups in total. The first-order chi connectivity index (χ1) is 23.0. The minimum Gasteiger partial charge on any atom is -0.756 e. The molecule has 0 aliphatic carbocycles. The number of phosphoric ester groups is 2. The second-order valence-electron chi connectivity index (χ2n) is 10.4. The molecule has 2 aliphatic heterocycles. The van der Waals surface area contributed by atoms with Crippen LogP contribution < -0.4 is 44.6 Å². The number of imidazole rings is 2. The highest BCUT2D eigenvalue weighted by Crippen LogP contribution is 2.63. The molecule has 52 heavy (non-hydrogen) atoms. The molecule has 0 amide bonds. The summed E-state index contributed by atoms with van der Waals surface area (Å²) in [5.74, 6) is -0.00568. The molecule has 2 aliphatic rings. The molecule has 2 unspecified atom stereocenters. The van der Waals surface area contributed by atoms with E-state index in [0.29, 0.717) is 0 Å². The predicted octanol–water partition coefficient (Wildman–Crippen LogP) is -3.33. The third-order valence-electron chi connectivity index (χ3n) is 7.19. The average Bonchev–Trinajstić information content (AvgIpc) is 3.77. The van der Waals surface area contributed by atoms with Crippen LogP contribution in [0.1, 0.15) is 12.5 Å². The standard InChI is InChI=1S/C20H27N10O16P3.3H3N/c21-15-9-17(25-3-23-15)29(5-27-9)19-13(33)11(31)7(43-19)1-41-47(35,36)45-49(39,40)46-48(37,38)42-2-8-12(32)14(34)20(44-8)30-6-28-10-16(22)24-4-26-18(10)30;;;/h3-8,11-14,19-20,31-34H,1-2H2,(H,35,36)(H,37,38)(H,39,40)(H2,21,23,25)(H2,22,24,26);3*1H3/t7-,8-,11-,12-,13-,14-,19-,20-;;;/m1.../s1. The maximum Gasteiger partial charge on any atom is 0.280 e. The Bertz CT molecular complexity index is 1870. The number of ether oxygens (including phenoxy) is 2. The number of fused-ring (bicyclic) bond motifs is 2. The molecule has 0 bridgehead atoms. The van der Waals surface area contributed by atoms with Crippen molar-refractivity contribution in [2.45, 2.75) is 49.1 Å². The van der Waals surface area contributed by atoms with Gasteiger partial charge in [-0.25, -0.2) is 38.5 Å². The summed E-state index contributed by atoms with van der Waals surface area (Å²) in [6.45, 7) is -2.26. The number of nitrogens with zero attached hydrogens (tertiary/aromatic N) is 8. The van der Waals surface area contributed by atoms with Crippen molar-refractivity contribution in [3.8, 4) is 0 Å². The van der Waals surface area contributed by atoms with E-state index in [-0.39, 0.29) is 52.4 Å². The zero-order valence-corrected chi connectivity index (χ0v) is 29.8. The summed E-state index contributed by atoms with van der Waals surface area (Å²) in [7, 11) is -18.2. The van der Waals surface area contributed by atoms with Gasteiger partial charge in [0.1, 0.15) is 60.3 Å². The first kappa shape index (κ1) is 43.2. The molecule has 10 atom stereocenters. The van der Waals surface area contributed by atoms with Crippen molar-refractivity contribution in [3.05, 3.63) is 25.3 Å². The minimum absolute atomic E-state index is 0. The summed E-state index contributed by atoms with van der Waals surface area (Å²) < 4.78 is 66.4. The number of quaternary nitrogens is 3. The lowest BCUT2D eigenvalue weighted by molar-refractivity contribution is -0.252. The van der Waals surface area contributed by atoms with E-state index in [1.165, 1.54) is 9.13 Å². The monoisotopic (exact) mass is 807 g/mol. The van der Waals surface area contributed by atoms with E-state index < -0.39 is 85.8 Å². The molecule has 2 fully saturated rings. The largest absolute Gasteiger partial charge is 0.756 e. The van der Waals surface area contributed by atoms with Crippen molar-refractivity contribution >= 4 is 57.4 Å². The number of nitrogens with two attached hydrogens (primary N) is 2. The molecule has 2 saturated heterocycles. The molecule has 292 valence electrons. The smallest absolute Gasteiger partial charge is 0.280 e. The molecule has 0 spiro atoms. The Hall–Kier alpha value is -3.25. The van der Waals surface area contributed by atoms with Crippen LogP contribution in [-0.2, 0) is 40.8 Å². The maximum atomic E-state index is 12.3. The van der Waals surface area contributed by atoms with Crippen LogP contribution in [-0.4, -0.2) is 109 Å². The summed E-state index contributed by atoms with van der Waals surface area (Å²) in [5.41, 5.74) is 11.9. The minimum atomic E-state index is -6.31. The Morgan fingerprint density at radius 2 is 1.00 bits per heavy atom. The van der Waals surface area contributed by atoms with Crippen LogP contribution in [0.15, 0.2) is 25.3 Å². The number of anilines is 2. The summed E-state index contributed by atoms with van der Waals surface area (Å²) in [4.78, 5) is 60.1. The van der Waals surface area contributed by atoms with Crippen molar-refractivity contribution in [3.63, 3.8) is 0 Å². The summed E-state index contributed by atoms with van der Waals surface area (Å²) >= 11 is 0. The van der Waals surface area contributed by atoms with Gasteiger partial charge in [0.15, 0.2) is 35.4 Å². The van der Waals surface area contributed by atoms with Crippen molar-refractivity contribution in [2.24, 2.45) is 0 Å². The van der Waals surface area contributed by atoms with E-state index in [9.17, 15) is 48.8 Å². The van der Waals surface area contributed by atoms with Gasteiger partial charge < -0.3 is 83.5 Å². The summed E-state index contributed by atoms with van der Waals surface area (Å²) in [6.07, 6.45) is -8.47. The number of aliphatic hydroxyl groups excluding tert-OH is 4. The number of nitrogen functional groups attached to an aromatic ring is 2. The van der Waals surface area contributed by atoms with Gasteiger partial charge in [-0.1, -0.05) is 0 Å². The molecule has 0 saturated carbocycles. The van der Waals surface area contributed by atoms with E-state index in [1.807, 2.05) is 0 Å². The van der Waals surface area contributed by atoms with Gasteiger partial charge >= 0.3 is 0 Å². The third-order valence-corrected chi connectivity index (χ3v) is 11.3. The molecular weight excluding hydrogens is 771 g/mol. The van der Waals surface area contributed by atoms with Gasteiger partial charge in [0.05, 0.1) is 25.9 Å². The van der Waals surface area contributed by atoms with Crippen LogP contribution in [0, 0.1) is 0 Å². The van der Waals surface area contributed by atoms with Crippen molar-refractivity contribution in [1.82, 2.24) is 57.5 Å². The maximum absolute atomic E-state index is 12.3. The quantitative estimate of drug-likeness (QED) is 0.0632. The highest BCUT2D eigenvalue weighted by molar-refractivity contribution is 7.65. The Morgan fingerprint density at radius 1 is 0.635 bits per heavy atom. The molecule has 4 aromatic rings. The number of aromatic nitrogens is 8.